The second-order valence-electron chi connectivity index (χ2n) is 10.1. The summed E-state index contributed by atoms with van der Waals surface area (Å²) in [7, 11) is 0. The summed E-state index contributed by atoms with van der Waals surface area (Å²) < 4.78 is 6.20. The molecule has 0 amide bonds. The van der Waals surface area contributed by atoms with E-state index in [-0.39, 0.29) is 0 Å². The molecular formula is C27H47N3O. The molecule has 0 spiro atoms. The fraction of sp³-hybridized carbons (Fsp3) is 0.778. The van der Waals surface area contributed by atoms with Gasteiger partial charge in [0.05, 0.1) is 6.10 Å². The Labute approximate surface area is 191 Å². The zero-order valence-corrected chi connectivity index (χ0v) is 20.7. The summed E-state index contributed by atoms with van der Waals surface area (Å²) in [6, 6.07) is 9.32. The Balaban J connectivity index is 1.25. The van der Waals surface area contributed by atoms with Crippen LogP contribution in [0.15, 0.2) is 24.3 Å². The van der Waals surface area contributed by atoms with Crippen molar-refractivity contribution in [1.29, 1.82) is 0 Å². The maximum atomic E-state index is 6.20. The fourth-order valence-electron chi connectivity index (χ4n) is 4.82. The van der Waals surface area contributed by atoms with Crippen molar-refractivity contribution in [2.24, 2.45) is 5.92 Å². The summed E-state index contributed by atoms with van der Waals surface area (Å²) >= 11 is 0. The number of nitrogens with zero attached hydrogens (tertiary/aromatic N) is 3. The Morgan fingerprint density at radius 3 is 2.29 bits per heavy atom. The normalized spacial score (nSPS) is 23.3. The summed E-state index contributed by atoms with van der Waals surface area (Å²) in [5.74, 6) is 1.47. The van der Waals surface area contributed by atoms with Crippen molar-refractivity contribution in [3.05, 3.63) is 35.4 Å². The quantitative estimate of drug-likeness (QED) is 0.442. The van der Waals surface area contributed by atoms with E-state index in [1.165, 1.54) is 82.6 Å². The van der Waals surface area contributed by atoms with Gasteiger partial charge in [-0.15, -0.1) is 0 Å². The van der Waals surface area contributed by atoms with E-state index in [4.69, 9.17) is 4.74 Å². The van der Waals surface area contributed by atoms with Crippen molar-refractivity contribution in [2.45, 2.75) is 71.9 Å². The molecule has 0 radical (unpaired) electrons. The van der Waals surface area contributed by atoms with Crippen LogP contribution in [-0.4, -0.2) is 79.8 Å². The third kappa shape index (κ3) is 8.16. The molecule has 2 saturated heterocycles. The number of hydrogen-bond donors (Lipinski definition) is 0. The molecule has 1 aromatic carbocycles. The van der Waals surface area contributed by atoms with Crippen molar-refractivity contribution < 1.29 is 4.74 Å². The minimum atomic E-state index is 0.465. The first-order valence-electron chi connectivity index (χ1n) is 12.9. The van der Waals surface area contributed by atoms with Crippen LogP contribution in [0.1, 0.15) is 70.4 Å². The van der Waals surface area contributed by atoms with Gasteiger partial charge in [-0.1, -0.05) is 58.4 Å². The molecule has 176 valence electrons. The monoisotopic (exact) mass is 429 g/mol. The van der Waals surface area contributed by atoms with Gasteiger partial charge in [-0.05, 0) is 42.2 Å². The zero-order valence-electron chi connectivity index (χ0n) is 20.7. The molecular weight excluding hydrogens is 382 g/mol. The molecule has 4 nitrogen and oxygen atoms in total. The minimum Gasteiger partial charge on any atom is -0.377 e. The van der Waals surface area contributed by atoms with Crippen LogP contribution in [0.4, 0.5) is 0 Å². The SMILES string of the molecule is CCC(C)CN1CC[C@@H](OCCCN2CCN(Cc3ccc(C(C)CC)cc3)CC2)C1. The van der Waals surface area contributed by atoms with Crippen LogP contribution in [0, 0.1) is 5.92 Å². The van der Waals surface area contributed by atoms with Gasteiger partial charge >= 0.3 is 0 Å². The molecule has 3 atom stereocenters. The lowest BCUT2D eigenvalue weighted by atomic mass is 9.97. The standard InChI is InChI=1S/C27H47N3O/c1-5-23(3)20-30-14-12-27(22-30)31-19-7-13-28-15-17-29(18-16-28)21-25-8-10-26(11-9-25)24(4)6-2/h8-11,23-24,27H,5-7,12-22H2,1-4H3/t23?,24?,27-/m1/s1. The van der Waals surface area contributed by atoms with Gasteiger partial charge in [-0.25, -0.2) is 0 Å². The van der Waals surface area contributed by atoms with E-state index in [0.717, 1.165) is 25.6 Å². The molecule has 0 saturated carbocycles. The second-order valence-corrected chi connectivity index (χ2v) is 10.1. The Kier molecular flexibility index (Phi) is 10.3. The van der Waals surface area contributed by atoms with Crippen LogP contribution < -0.4 is 0 Å². The Hall–Kier alpha value is -0.940. The highest BCUT2D eigenvalue weighted by Crippen LogP contribution is 2.20. The second kappa shape index (κ2) is 12.9. The number of hydrogen-bond acceptors (Lipinski definition) is 4. The molecule has 0 aromatic heterocycles. The number of ether oxygens (including phenoxy) is 1. The van der Waals surface area contributed by atoms with Crippen molar-refractivity contribution in [1.82, 2.24) is 14.7 Å². The summed E-state index contributed by atoms with van der Waals surface area (Å²) in [4.78, 5) is 7.82. The molecule has 3 rings (SSSR count). The first-order valence-corrected chi connectivity index (χ1v) is 12.9. The maximum absolute atomic E-state index is 6.20. The van der Waals surface area contributed by atoms with E-state index in [0.29, 0.717) is 12.0 Å². The van der Waals surface area contributed by atoms with Gasteiger partial charge in [0.1, 0.15) is 0 Å². The van der Waals surface area contributed by atoms with E-state index < -0.39 is 0 Å². The topological polar surface area (TPSA) is 19.0 Å². The fourth-order valence-corrected chi connectivity index (χ4v) is 4.82. The Morgan fingerprint density at radius 2 is 1.61 bits per heavy atom. The van der Waals surface area contributed by atoms with E-state index >= 15 is 0 Å². The molecule has 31 heavy (non-hydrogen) atoms. The highest BCUT2D eigenvalue weighted by Gasteiger charge is 2.24. The van der Waals surface area contributed by atoms with Crippen LogP contribution in [-0.2, 0) is 11.3 Å². The van der Waals surface area contributed by atoms with Gasteiger partial charge in [0.2, 0.25) is 0 Å². The minimum absolute atomic E-state index is 0.465. The zero-order chi connectivity index (χ0) is 22.1. The Morgan fingerprint density at radius 1 is 0.903 bits per heavy atom. The molecule has 2 unspecified atom stereocenters. The number of benzene rings is 1. The molecule has 2 aliphatic rings. The highest BCUT2D eigenvalue weighted by atomic mass is 16.5. The van der Waals surface area contributed by atoms with Gasteiger partial charge in [0.25, 0.3) is 0 Å². The lowest BCUT2D eigenvalue weighted by Crippen LogP contribution is -2.46. The van der Waals surface area contributed by atoms with Gasteiger partial charge in [-0.3, -0.25) is 4.90 Å². The number of piperazine rings is 1. The average molecular weight is 430 g/mol. The Bertz CT molecular complexity index is 611. The summed E-state index contributed by atoms with van der Waals surface area (Å²) in [6.45, 7) is 20.8. The van der Waals surface area contributed by atoms with Gasteiger partial charge in [0.15, 0.2) is 0 Å². The molecule has 2 fully saturated rings. The van der Waals surface area contributed by atoms with Crippen LogP contribution in [0.5, 0.6) is 0 Å². The molecule has 0 N–H and O–H groups in total. The van der Waals surface area contributed by atoms with Crippen LogP contribution in [0.25, 0.3) is 0 Å². The van der Waals surface area contributed by atoms with Crippen molar-refractivity contribution in [3.63, 3.8) is 0 Å². The van der Waals surface area contributed by atoms with Gasteiger partial charge in [0, 0.05) is 65.5 Å². The van der Waals surface area contributed by atoms with Crippen LogP contribution >= 0.6 is 0 Å². The van der Waals surface area contributed by atoms with Crippen LogP contribution in [0.3, 0.4) is 0 Å². The van der Waals surface area contributed by atoms with E-state index in [1.807, 2.05) is 0 Å². The van der Waals surface area contributed by atoms with Crippen molar-refractivity contribution >= 4 is 0 Å². The highest BCUT2D eigenvalue weighted by molar-refractivity contribution is 5.25. The predicted molar refractivity (Wildman–Crippen MR) is 132 cm³/mol. The number of rotatable bonds is 12. The lowest BCUT2D eigenvalue weighted by molar-refractivity contribution is 0.0468. The molecule has 1 aromatic rings. The van der Waals surface area contributed by atoms with E-state index in [2.05, 4.69) is 66.7 Å². The third-order valence-corrected chi connectivity index (χ3v) is 7.50. The predicted octanol–water partition coefficient (Wildman–Crippen LogP) is 4.84. The first-order chi connectivity index (χ1) is 15.1. The summed E-state index contributed by atoms with van der Waals surface area (Å²) in [6.07, 6.45) is 5.34. The molecule has 0 bridgehead atoms. The summed E-state index contributed by atoms with van der Waals surface area (Å²) in [5.41, 5.74) is 2.92. The van der Waals surface area contributed by atoms with Crippen LogP contribution in [0.2, 0.25) is 0 Å². The van der Waals surface area contributed by atoms with Gasteiger partial charge in [-0.2, -0.15) is 0 Å². The van der Waals surface area contributed by atoms with Gasteiger partial charge < -0.3 is 14.5 Å². The van der Waals surface area contributed by atoms with E-state index in [9.17, 15) is 0 Å². The summed E-state index contributed by atoms with van der Waals surface area (Å²) in [5, 5.41) is 0. The first kappa shape index (κ1) is 24.7. The molecule has 2 heterocycles. The van der Waals surface area contributed by atoms with E-state index in [1.54, 1.807) is 0 Å². The average Bonchev–Trinajstić information content (AvgIpc) is 3.24. The number of likely N-dealkylation sites (tertiary alicyclic amines) is 1. The third-order valence-electron chi connectivity index (χ3n) is 7.50. The van der Waals surface area contributed by atoms with Crippen molar-refractivity contribution in [3.8, 4) is 0 Å². The molecule has 4 heteroatoms. The lowest BCUT2D eigenvalue weighted by Gasteiger charge is -2.34. The smallest absolute Gasteiger partial charge is 0.0714 e. The molecule has 0 aliphatic carbocycles. The maximum Gasteiger partial charge on any atom is 0.0714 e. The molecule has 2 aliphatic heterocycles. The largest absolute Gasteiger partial charge is 0.377 e. The van der Waals surface area contributed by atoms with Crippen molar-refractivity contribution in [2.75, 3.05) is 59.0 Å².